The average molecular weight is 398 g/mol. The van der Waals surface area contributed by atoms with Gasteiger partial charge >= 0.3 is 0 Å². The van der Waals surface area contributed by atoms with Crippen LogP contribution in [0.25, 0.3) is 11.0 Å². The van der Waals surface area contributed by atoms with Gasteiger partial charge < -0.3 is 4.90 Å². The van der Waals surface area contributed by atoms with E-state index in [4.69, 9.17) is 4.98 Å². The average Bonchev–Trinajstić information content (AvgIpc) is 3.33. The number of hydrogen-bond donors (Lipinski definition) is 0. The summed E-state index contributed by atoms with van der Waals surface area (Å²) in [4.78, 5) is 25.2. The van der Waals surface area contributed by atoms with Crippen molar-refractivity contribution >= 4 is 17.0 Å². The highest BCUT2D eigenvalue weighted by atomic mass is 16.1. The Bertz CT molecular complexity index is 1160. The molecule has 5 heteroatoms. The summed E-state index contributed by atoms with van der Waals surface area (Å²) in [5.74, 6) is 6.97. The van der Waals surface area contributed by atoms with Crippen LogP contribution in [-0.4, -0.2) is 27.6 Å². The Labute approximate surface area is 176 Å². The number of nitrogens with zero attached hydrogens (tertiary/aromatic N) is 4. The molecule has 3 aromatic rings. The van der Waals surface area contributed by atoms with Crippen LogP contribution in [0.3, 0.4) is 0 Å². The molecule has 0 unspecified atom stereocenters. The van der Waals surface area contributed by atoms with E-state index in [9.17, 15) is 4.79 Å². The fourth-order valence-corrected chi connectivity index (χ4v) is 4.47. The molecule has 30 heavy (non-hydrogen) atoms. The summed E-state index contributed by atoms with van der Waals surface area (Å²) in [6.45, 7) is 1.86. The first-order chi connectivity index (χ1) is 14.8. The van der Waals surface area contributed by atoms with E-state index in [1.807, 2.05) is 47.2 Å². The lowest BCUT2D eigenvalue weighted by Crippen LogP contribution is -2.32. The standard InChI is InChI=1S/C25H25N4O/c30-24-20(14-13-19-9-3-1-4-10-19)17-21-18-26-25(28-15-7-2-8-16-28)27-23(21)29(24)22-11-5-6-12-22/h1-4,9-10,17-18,22H,5-8,11-12,15-16H2. The molecule has 1 radical (unpaired) electrons. The molecule has 0 bridgehead atoms. The summed E-state index contributed by atoms with van der Waals surface area (Å²) >= 11 is 0. The van der Waals surface area contributed by atoms with Crippen LogP contribution < -0.4 is 10.5 Å². The Morgan fingerprint density at radius 2 is 1.77 bits per heavy atom. The van der Waals surface area contributed by atoms with Gasteiger partial charge in [0.15, 0.2) is 0 Å². The van der Waals surface area contributed by atoms with Gasteiger partial charge in [-0.05, 0) is 50.3 Å². The van der Waals surface area contributed by atoms with E-state index < -0.39 is 0 Å². The molecule has 5 nitrogen and oxygen atoms in total. The van der Waals surface area contributed by atoms with E-state index in [1.54, 1.807) is 0 Å². The number of aromatic nitrogens is 3. The molecule has 2 fully saturated rings. The zero-order valence-electron chi connectivity index (χ0n) is 17.1. The molecule has 0 spiro atoms. The zero-order chi connectivity index (χ0) is 20.3. The van der Waals surface area contributed by atoms with Crippen LogP contribution in [0.5, 0.6) is 0 Å². The molecule has 0 amide bonds. The minimum Gasteiger partial charge on any atom is -0.341 e. The molecule has 151 valence electrons. The van der Waals surface area contributed by atoms with E-state index in [-0.39, 0.29) is 11.6 Å². The molecule has 3 heterocycles. The maximum Gasteiger partial charge on any atom is 0.268 e. The lowest BCUT2D eigenvalue weighted by Gasteiger charge is -2.27. The highest BCUT2D eigenvalue weighted by Crippen LogP contribution is 2.31. The lowest BCUT2D eigenvalue weighted by molar-refractivity contribution is 0.514. The fourth-order valence-electron chi connectivity index (χ4n) is 4.47. The Hall–Kier alpha value is -3.13. The second kappa shape index (κ2) is 8.31. The summed E-state index contributed by atoms with van der Waals surface area (Å²) in [6, 6.07) is 11.8. The maximum absolute atomic E-state index is 13.5. The van der Waals surface area contributed by atoms with E-state index in [2.05, 4.69) is 28.1 Å². The first-order valence-electron chi connectivity index (χ1n) is 10.9. The summed E-state index contributed by atoms with van der Waals surface area (Å²) in [7, 11) is 0. The Morgan fingerprint density at radius 3 is 2.53 bits per heavy atom. The highest BCUT2D eigenvalue weighted by Gasteiger charge is 2.23. The third kappa shape index (κ3) is 3.70. The van der Waals surface area contributed by atoms with Crippen LogP contribution in [0.1, 0.15) is 55.7 Å². The van der Waals surface area contributed by atoms with Crippen molar-refractivity contribution in [2.24, 2.45) is 0 Å². The molecule has 5 rings (SSSR count). The maximum atomic E-state index is 13.5. The van der Waals surface area contributed by atoms with Gasteiger partial charge in [-0.2, -0.15) is 4.98 Å². The highest BCUT2D eigenvalue weighted by molar-refractivity contribution is 5.77. The molecule has 1 saturated carbocycles. The first kappa shape index (κ1) is 18.9. The molecule has 1 aliphatic carbocycles. The second-order valence-corrected chi connectivity index (χ2v) is 8.09. The zero-order valence-corrected chi connectivity index (χ0v) is 17.1. The van der Waals surface area contributed by atoms with E-state index in [0.29, 0.717) is 5.56 Å². The third-order valence-electron chi connectivity index (χ3n) is 6.05. The van der Waals surface area contributed by atoms with Gasteiger partial charge in [-0.3, -0.25) is 9.36 Å². The van der Waals surface area contributed by atoms with Crippen LogP contribution in [0.15, 0.2) is 47.4 Å². The fraction of sp³-hybridized carbons (Fsp3) is 0.360. The van der Waals surface area contributed by atoms with Crippen molar-refractivity contribution in [2.45, 2.75) is 44.6 Å². The van der Waals surface area contributed by atoms with Gasteiger partial charge in [-0.15, -0.1) is 0 Å². The SMILES string of the molecule is O=c1c(C#Cc2ccccc2)cc2cnc(N3CC[CH]CC3)nc2n1C1CCCC1. The molecular formula is C25H25N4O. The molecule has 0 N–H and O–H groups in total. The first-order valence-corrected chi connectivity index (χ1v) is 10.9. The van der Waals surface area contributed by atoms with Crippen molar-refractivity contribution in [3.63, 3.8) is 0 Å². The molecule has 2 aromatic heterocycles. The second-order valence-electron chi connectivity index (χ2n) is 8.09. The van der Waals surface area contributed by atoms with Crippen molar-refractivity contribution < 1.29 is 0 Å². The monoisotopic (exact) mass is 397 g/mol. The lowest BCUT2D eigenvalue weighted by atomic mass is 10.1. The topological polar surface area (TPSA) is 51.0 Å². The minimum atomic E-state index is -0.0329. The van der Waals surface area contributed by atoms with E-state index in [1.165, 1.54) is 0 Å². The Balaban J connectivity index is 1.63. The van der Waals surface area contributed by atoms with Gasteiger partial charge in [-0.1, -0.05) is 42.9 Å². The largest absolute Gasteiger partial charge is 0.341 e. The molecule has 2 aliphatic rings. The van der Waals surface area contributed by atoms with Gasteiger partial charge in [0.05, 0.1) is 5.56 Å². The van der Waals surface area contributed by atoms with Crippen molar-refractivity contribution in [1.29, 1.82) is 0 Å². The summed E-state index contributed by atoms with van der Waals surface area (Å²) in [5.41, 5.74) is 2.13. The quantitative estimate of drug-likeness (QED) is 0.611. The van der Waals surface area contributed by atoms with Crippen LogP contribution in [0.4, 0.5) is 5.95 Å². The number of fused-ring (bicyclic) bond motifs is 1. The van der Waals surface area contributed by atoms with Gasteiger partial charge in [0.2, 0.25) is 5.95 Å². The smallest absolute Gasteiger partial charge is 0.268 e. The number of hydrogen-bond acceptors (Lipinski definition) is 4. The molecule has 0 atom stereocenters. The van der Waals surface area contributed by atoms with E-state index >= 15 is 0 Å². The summed E-state index contributed by atoms with van der Waals surface area (Å²) in [6.07, 6.45) is 10.6. The molecular weight excluding hydrogens is 372 g/mol. The molecule has 1 aromatic carbocycles. The van der Waals surface area contributed by atoms with Crippen molar-refractivity contribution in [3.05, 3.63) is 70.5 Å². The van der Waals surface area contributed by atoms with Crippen LogP contribution in [-0.2, 0) is 0 Å². The molecule has 1 aliphatic heterocycles. The Kier molecular flexibility index (Phi) is 5.23. The van der Waals surface area contributed by atoms with Gasteiger partial charge in [0, 0.05) is 36.3 Å². The Morgan fingerprint density at radius 1 is 1.00 bits per heavy atom. The number of benzene rings is 1. The van der Waals surface area contributed by atoms with Crippen molar-refractivity contribution in [3.8, 4) is 11.8 Å². The van der Waals surface area contributed by atoms with Crippen LogP contribution >= 0.6 is 0 Å². The van der Waals surface area contributed by atoms with Crippen LogP contribution in [0, 0.1) is 18.3 Å². The van der Waals surface area contributed by atoms with Crippen molar-refractivity contribution in [2.75, 3.05) is 18.0 Å². The number of piperidine rings is 1. The van der Waals surface area contributed by atoms with Crippen LogP contribution in [0.2, 0.25) is 0 Å². The normalized spacial score (nSPS) is 17.1. The van der Waals surface area contributed by atoms with E-state index in [0.717, 1.165) is 74.2 Å². The minimum absolute atomic E-state index is 0.0329. The summed E-state index contributed by atoms with van der Waals surface area (Å²) in [5, 5.41) is 0.881. The number of pyridine rings is 1. The van der Waals surface area contributed by atoms with Crippen molar-refractivity contribution in [1.82, 2.24) is 14.5 Å². The van der Waals surface area contributed by atoms with Gasteiger partial charge in [0.1, 0.15) is 5.65 Å². The number of rotatable bonds is 2. The molecule has 1 saturated heterocycles. The van der Waals surface area contributed by atoms with Gasteiger partial charge in [0.25, 0.3) is 5.56 Å². The number of anilines is 1. The predicted octanol–water partition coefficient (Wildman–Crippen LogP) is 4.11. The summed E-state index contributed by atoms with van der Waals surface area (Å²) < 4.78 is 1.90. The predicted molar refractivity (Wildman–Crippen MR) is 119 cm³/mol. The third-order valence-corrected chi connectivity index (χ3v) is 6.05. The van der Waals surface area contributed by atoms with Gasteiger partial charge in [-0.25, -0.2) is 4.98 Å².